The molecule has 4 aromatic rings. The molecule has 2 fully saturated rings. The number of fused-ring (bicyclic) bond motifs is 2. The number of hydrogen-bond donors (Lipinski definition) is 3. The lowest BCUT2D eigenvalue weighted by atomic mass is 10.0. The molecule has 0 radical (unpaired) electrons. The highest BCUT2D eigenvalue weighted by Gasteiger charge is 2.39. The number of aromatic nitrogens is 4. The maximum absolute atomic E-state index is 13.2. The molecule has 2 aliphatic heterocycles. The zero-order valence-electron chi connectivity index (χ0n) is 25.8. The molecule has 3 amide bonds. The van der Waals surface area contributed by atoms with Crippen LogP contribution in [0.2, 0.25) is 0 Å². The molecule has 3 N–H and O–H groups in total. The number of rotatable bonds is 8. The van der Waals surface area contributed by atoms with Gasteiger partial charge in [-0.1, -0.05) is 32.0 Å². The van der Waals surface area contributed by atoms with Gasteiger partial charge in [0.05, 0.1) is 11.2 Å². The Balaban J connectivity index is 0.981. The van der Waals surface area contributed by atoms with Gasteiger partial charge in [0.15, 0.2) is 0 Å². The summed E-state index contributed by atoms with van der Waals surface area (Å²) in [6, 6.07) is 14.0. The molecule has 3 aliphatic rings. The SMILES string of the molecule is CC(C)c1c2cc(-c3ccnc(N[C@H]4CC[C@H](NCc5cccc6c5CN(C5CCC(=O)NC5=O)C6=O)C4)n3)ccc2nn1C. The predicted octanol–water partition coefficient (Wildman–Crippen LogP) is 4.04. The zero-order valence-corrected chi connectivity index (χ0v) is 25.8. The molecule has 11 heteroatoms. The van der Waals surface area contributed by atoms with E-state index in [1.54, 1.807) is 4.90 Å². The molecule has 1 aliphatic carbocycles. The van der Waals surface area contributed by atoms with E-state index in [9.17, 15) is 14.4 Å². The van der Waals surface area contributed by atoms with E-state index in [0.29, 0.717) is 43.0 Å². The number of anilines is 1. The highest BCUT2D eigenvalue weighted by Crippen LogP contribution is 2.32. The van der Waals surface area contributed by atoms with Crippen molar-refractivity contribution in [3.8, 4) is 11.3 Å². The summed E-state index contributed by atoms with van der Waals surface area (Å²) >= 11 is 0. The molecular formula is C34H38N8O3. The van der Waals surface area contributed by atoms with Crippen LogP contribution in [0.3, 0.4) is 0 Å². The molecule has 3 atom stereocenters. The average Bonchev–Trinajstić information content (AvgIpc) is 3.70. The van der Waals surface area contributed by atoms with Crippen molar-refractivity contribution >= 4 is 34.6 Å². The average molecular weight is 607 g/mol. The molecule has 1 unspecified atom stereocenters. The van der Waals surface area contributed by atoms with Gasteiger partial charge in [0.2, 0.25) is 17.8 Å². The Labute approximate surface area is 261 Å². The van der Waals surface area contributed by atoms with E-state index in [2.05, 4.69) is 58.1 Å². The van der Waals surface area contributed by atoms with Crippen LogP contribution in [0.1, 0.15) is 79.0 Å². The van der Waals surface area contributed by atoms with Gasteiger partial charge in [0, 0.05) is 67.0 Å². The smallest absolute Gasteiger partial charge is 0.255 e. The second-order valence-corrected chi connectivity index (χ2v) is 12.7. The van der Waals surface area contributed by atoms with Gasteiger partial charge in [-0.2, -0.15) is 5.10 Å². The molecule has 1 saturated heterocycles. The van der Waals surface area contributed by atoms with E-state index in [0.717, 1.165) is 52.5 Å². The van der Waals surface area contributed by atoms with Crippen LogP contribution < -0.4 is 16.0 Å². The second kappa shape index (κ2) is 11.7. The van der Waals surface area contributed by atoms with Crippen molar-refractivity contribution in [3.63, 3.8) is 0 Å². The third-order valence-corrected chi connectivity index (χ3v) is 9.40. The monoisotopic (exact) mass is 606 g/mol. The predicted molar refractivity (Wildman–Crippen MR) is 170 cm³/mol. The summed E-state index contributed by atoms with van der Waals surface area (Å²) in [6.45, 7) is 5.39. The maximum Gasteiger partial charge on any atom is 0.255 e. The Morgan fingerprint density at radius 3 is 2.71 bits per heavy atom. The Kier molecular flexibility index (Phi) is 7.56. The van der Waals surface area contributed by atoms with Crippen molar-refractivity contribution in [2.24, 2.45) is 7.05 Å². The number of hydrogen-bond acceptors (Lipinski definition) is 8. The fraction of sp³-hybridized carbons (Fsp3) is 0.412. The number of nitrogens with one attached hydrogen (secondary N) is 3. The molecule has 232 valence electrons. The lowest BCUT2D eigenvalue weighted by Crippen LogP contribution is -2.52. The fourth-order valence-electron chi connectivity index (χ4n) is 7.20. The second-order valence-electron chi connectivity index (χ2n) is 12.7. The van der Waals surface area contributed by atoms with Crippen LogP contribution >= 0.6 is 0 Å². The first-order valence-electron chi connectivity index (χ1n) is 15.8. The molecule has 2 aromatic heterocycles. The summed E-state index contributed by atoms with van der Waals surface area (Å²) in [6.07, 6.45) is 5.37. The number of amides is 3. The summed E-state index contributed by atoms with van der Waals surface area (Å²) in [5.41, 5.74) is 6.78. The van der Waals surface area contributed by atoms with Crippen molar-refractivity contribution in [1.29, 1.82) is 0 Å². The number of benzene rings is 2. The minimum Gasteiger partial charge on any atom is -0.351 e. The van der Waals surface area contributed by atoms with Crippen molar-refractivity contribution in [2.75, 3.05) is 5.32 Å². The van der Waals surface area contributed by atoms with Crippen molar-refractivity contribution in [2.45, 2.75) is 83.1 Å². The van der Waals surface area contributed by atoms with Crippen LogP contribution in [0, 0.1) is 0 Å². The number of imide groups is 1. The molecule has 0 bridgehead atoms. The fourth-order valence-corrected chi connectivity index (χ4v) is 7.20. The van der Waals surface area contributed by atoms with E-state index in [1.807, 2.05) is 42.2 Å². The Bertz CT molecular complexity index is 1810. The quantitative estimate of drug-likeness (QED) is 0.256. The van der Waals surface area contributed by atoms with Gasteiger partial charge in [0.1, 0.15) is 6.04 Å². The first-order valence-corrected chi connectivity index (χ1v) is 15.8. The summed E-state index contributed by atoms with van der Waals surface area (Å²) < 4.78 is 1.97. The molecule has 11 nitrogen and oxygen atoms in total. The third-order valence-electron chi connectivity index (χ3n) is 9.40. The van der Waals surface area contributed by atoms with Crippen LogP contribution in [0.5, 0.6) is 0 Å². The lowest BCUT2D eigenvalue weighted by Gasteiger charge is -2.29. The molecule has 4 heterocycles. The highest BCUT2D eigenvalue weighted by molar-refractivity contribution is 6.05. The van der Waals surface area contributed by atoms with Gasteiger partial charge in [-0.15, -0.1) is 0 Å². The number of carbonyl (C=O) groups excluding carboxylic acids is 3. The minimum absolute atomic E-state index is 0.144. The molecule has 1 saturated carbocycles. The Morgan fingerprint density at radius 1 is 1.04 bits per heavy atom. The third kappa shape index (κ3) is 5.56. The first-order chi connectivity index (χ1) is 21.7. The molecule has 2 aromatic carbocycles. The largest absolute Gasteiger partial charge is 0.351 e. The van der Waals surface area contributed by atoms with Crippen molar-refractivity contribution in [1.82, 2.24) is 35.3 Å². The lowest BCUT2D eigenvalue weighted by molar-refractivity contribution is -0.136. The van der Waals surface area contributed by atoms with Gasteiger partial charge in [-0.05, 0) is 67.0 Å². The van der Waals surface area contributed by atoms with E-state index in [1.165, 1.54) is 5.69 Å². The number of nitrogens with zero attached hydrogens (tertiary/aromatic N) is 5. The molecular weight excluding hydrogens is 568 g/mol. The molecule has 0 spiro atoms. The highest BCUT2D eigenvalue weighted by atomic mass is 16.2. The van der Waals surface area contributed by atoms with Crippen LogP contribution in [0.15, 0.2) is 48.7 Å². The van der Waals surface area contributed by atoms with Crippen LogP contribution in [0.4, 0.5) is 5.95 Å². The summed E-state index contributed by atoms with van der Waals surface area (Å²) in [4.78, 5) is 48.2. The van der Waals surface area contributed by atoms with Crippen LogP contribution in [-0.4, -0.2) is 60.5 Å². The Morgan fingerprint density at radius 2 is 1.89 bits per heavy atom. The van der Waals surface area contributed by atoms with Crippen molar-refractivity contribution < 1.29 is 14.4 Å². The van der Waals surface area contributed by atoms with Gasteiger partial charge in [0.25, 0.3) is 5.91 Å². The zero-order chi connectivity index (χ0) is 31.2. The van der Waals surface area contributed by atoms with E-state index in [-0.39, 0.29) is 30.2 Å². The van der Waals surface area contributed by atoms with Gasteiger partial charge in [-0.3, -0.25) is 24.4 Å². The molecule has 45 heavy (non-hydrogen) atoms. The summed E-state index contributed by atoms with van der Waals surface area (Å²) in [5, 5.41) is 15.4. The van der Waals surface area contributed by atoms with Crippen molar-refractivity contribution in [3.05, 3.63) is 71.0 Å². The minimum atomic E-state index is -0.610. The topological polar surface area (TPSA) is 134 Å². The maximum atomic E-state index is 13.2. The normalized spacial score (nSPS) is 21.6. The van der Waals surface area contributed by atoms with Crippen LogP contribution in [0.25, 0.3) is 22.2 Å². The van der Waals surface area contributed by atoms with Gasteiger partial charge < -0.3 is 15.5 Å². The number of piperidine rings is 1. The standard InChI is InChI=1S/C34H38N8O3/c1-19(2)31-25-15-20(7-10-28(25)40-41(31)3)27-13-14-35-34(38-27)37-23-9-8-22(16-23)36-17-21-5-4-6-24-26(21)18-42(33(24)45)29-11-12-30(43)39-32(29)44/h4-7,10,13-15,19,22-23,29,36H,8-9,11-12,16-18H2,1-3H3,(H,35,37,38)(H,39,43,44)/t22-,23-,29?/m0/s1. The van der Waals surface area contributed by atoms with Crippen LogP contribution in [-0.2, 0) is 29.7 Å². The van der Waals surface area contributed by atoms with E-state index in [4.69, 9.17) is 4.98 Å². The number of carbonyl (C=O) groups is 3. The first kappa shape index (κ1) is 29.1. The molecule has 7 rings (SSSR count). The summed E-state index contributed by atoms with van der Waals surface area (Å²) in [7, 11) is 2.00. The summed E-state index contributed by atoms with van der Waals surface area (Å²) in [5.74, 6) is 0.174. The number of aryl methyl sites for hydroxylation is 1. The van der Waals surface area contributed by atoms with E-state index >= 15 is 0 Å². The van der Waals surface area contributed by atoms with Gasteiger partial charge >= 0.3 is 0 Å². The Hall–Kier alpha value is -4.64. The van der Waals surface area contributed by atoms with Gasteiger partial charge in [-0.25, -0.2) is 9.97 Å². The van der Waals surface area contributed by atoms with E-state index < -0.39 is 6.04 Å².